The summed E-state index contributed by atoms with van der Waals surface area (Å²) in [5.74, 6) is 1.12. The van der Waals surface area contributed by atoms with Crippen LogP contribution in [0.5, 0.6) is 0 Å². The summed E-state index contributed by atoms with van der Waals surface area (Å²) >= 11 is 0. The quantitative estimate of drug-likeness (QED) is 0.702. The normalized spacial score (nSPS) is 11.9. The van der Waals surface area contributed by atoms with Crippen LogP contribution in [0.4, 0.5) is 0 Å². The van der Waals surface area contributed by atoms with Gasteiger partial charge < -0.3 is 9.13 Å². The molecular formula is C17H23N5. The number of para-hydroxylation sites is 2. The molecule has 0 aliphatic rings. The molecule has 0 N–H and O–H groups in total. The maximum Gasteiger partial charge on any atom is 0.123 e. The van der Waals surface area contributed by atoms with E-state index < -0.39 is 0 Å². The molecule has 0 fully saturated rings. The molecule has 0 atom stereocenters. The fraction of sp³-hybridized carbons (Fsp3) is 0.412. The predicted octanol–water partition coefficient (Wildman–Crippen LogP) is 2.95. The zero-order valence-corrected chi connectivity index (χ0v) is 13.5. The first-order chi connectivity index (χ1) is 10.6. The van der Waals surface area contributed by atoms with E-state index in [9.17, 15) is 0 Å². The highest BCUT2D eigenvalue weighted by molar-refractivity contribution is 5.74. The Labute approximate surface area is 131 Å². The Bertz CT molecular complexity index is 740. The molecule has 0 aliphatic carbocycles. The van der Waals surface area contributed by atoms with Gasteiger partial charge in [0.15, 0.2) is 0 Å². The first kappa shape index (κ1) is 14.8. The lowest BCUT2D eigenvalue weighted by Gasteiger charge is -2.19. The summed E-state index contributed by atoms with van der Waals surface area (Å²) in [6, 6.07) is 8.70. The van der Waals surface area contributed by atoms with Crippen molar-refractivity contribution in [3.63, 3.8) is 0 Å². The summed E-state index contributed by atoms with van der Waals surface area (Å²) in [4.78, 5) is 11.2. The number of nitrogens with zero attached hydrogens (tertiary/aromatic N) is 5. The number of imidazole rings is 2. The van der Waals surface area contributed by atoms with E-state index in [0.717, 1.165) is 31.0 Å². The molecule has 5 heteroatoms. The molecular weight excluding hydrogens is 274 g/mol. The molecule has 0 saturated heterocycles. The Hall–Kier alpha value is -2.14. The van der Waals surface area contributed by atoms with E-state index in [4.69, 9.17) is 0 Å². The zero-order valence-electron chi connectivity index (χ0n) is 13.5. The van der Waals surface area contributed by atoms with E-state index in [2.05, 4.69) is 69.3 Å². The largest absolute Gasteiger partial charge is 0.331 e. The van der Waals surface area contributed by atoms with E-state index in [1.54, 1.807) is 0 Å². The van der Waals surface area contributed by atoms with Gasteiger partial charge in [0.05, 0.1) is 23.9 Å². The summed E-state index contributed by atoms with van der Waals surface area (Å²) in [5, 5.41) is 0. The molecule has 0 amide bonds. The molecule has 1 aromatic carbocycles. The van der Waals surface area contributed by atoms with Crippen LogP contribution < -0.4 is 0 Å². The molecule has 2 aromatic heterocycles. The van der Waals surface area contributed by atoms with Crippen molar-refractivity contribution in [3.05, 3.63) is 48.8 Å². The van der Waals surface area contributed by atoms with E-state index in [1.165, 1.54) is 5.52 Å². The van der Waals surface area contributed by atoms with Crippen molar-refractivity contribution >= 4 is 11.0 Å². The molecule has 3 rings (SSSR count). The van der Waals surface area contributed by atoms with Crippen LogP contribution in [0.15, 0.2) is 43.0 Å². The Morgan fingerprint density at radius 3 is 2.82 bits per heavy atom. The van der Waals surface area contributed by atoms with Gasteiger partial charge in [0.25, 0.3) is 0 Å². The van der Waals surface area contributed by atoms with Gasteiger partial charge in [0, 0.05) is 31.5 Å². The van der Waals surface area contributed by atoms with Crippen molar-refractivity contribution in [2.75, 3.05) is 13.6 Å². The van der Waals surface area contributed by atoms with E-state index in [1.807, 2.05) is 18.6 Å². The third-order valence-electron chi connectivity index (χ3n) is 3.97. The van der Waals surface area contributed by atoms with Crippen molar-refractivity contribution in [2.45, 2.75) is 33.0 Å². The highest BCUT2D eigenvalue weighted by Gasteiger charge is 2.09. The van der Waals surface area contributed by atoms with Gasteiger partial charge in [0.2, 0.25) is 0 Å². The number of likely N-dealkylation sites (N-methyl/N-ethyl adjacent to an activating group) is 1. The maximum absolute atomic E-state index is 4.47. The van der Waals surface area contributed by atoms with Gasteiger partial charge in [-0.1, -0.05) is 12.1 Å². The zero-order chi connectivity index (χ0) is 15.5. The molecule has 2 heterocycles. The second-order valence-corrected chi connectivity index (χ2v) is 6.01. The smallest absolute Gasteiger partial charge is 0.123 e. The Balaban J connectivity index is 1.63. The summed E-state index contributed by atoms with van der Waals surface area (Å²) in [6.45, 7) is 7.12. The van der Waals surface area contributed by atoms with Gasteiger partial charge in [-0.2, -0.15) is 0 Å². The van der Waals surface area contributed by atoms with Crippen molar-refractivity contribution in [1.82, 2.24) is 24.0 Å². The van der Waals surface area contributed by atoms with Crippen molar-refractivity contribution in [1.29, 1.82) is 0 Å². The van der Waals surface area contributed by atoms with Crippen LogP contribution in [-0.2, 0) is 13.1 Å². The Morgan fingerprint density at radius 1 is 1.18 bits per heavy atom. The fourth-order valence-electron chi connectivity index (χ4n) is 2.72. The van der Waals surface area contributed by atoms with Gasteiger partial charge in [-0.3, -0.25) is 4.90 Å². The monoisotopic (exact) mass is 297 g/mol. The van der Waals surface area contributed by atoms with Crippen molar-refractivity contribution in [3.8, 4) is 0 Å². The third-order valence-corrected chi connectivity index (χ3v) is 3.97. The number of hydrogen-bond acceptors (Lipinski definition) is 3. The standard InChI is InChI=1S/C17H23N5/c1-14(2)22-9-8-18-17(22)12-20(3)10-11-21-13-19-15-6-4-5-7-16(15)21/h4-9,13-14H,10-12H2,1-3H3. The molecule has 0 radical (unpaired) electrons. The lowest BCUT2D eigenvalue weighted by atomic mass is 10.3. The first-order valence-corrected chi connectivity index (χ1v) is 7.75. The minimum Gasteiger partial charge on any atom is -0.331 e. The molecule has 0 saturated carbocycles. The minimum absolute atomic E-state index is 0.448. The molecule has 116 valence electrons. The highest BCUT2D eigenvalue weighted by atomic mass is 15.2. The Kier molecular flexibility index (Phi) is 4.24. The number of hydrogen-bond donors (Lipinski definition) is 0. The van der Waals surface area contributed by atoms with Crippen LogP contribution in [0.25, 0.3) is 11.0 Å². The van der Waals surface area contributed by atoms with Crippen LogP contribution in [0, 0.1) is 0 Å². The molecule has 0 aliphatic heterocycles. The molecule has 0 bridgehead atoms. The van der Waals surface area contributed by atoms with Crippen LogP contribution in [-0.4, -0.2) is 37.6 Å². The third kappa shape index (κ3) is 3.04. The number of fused-ring (bicyclic) bond motifs is 1. The van der Waals surface area contributed by atoms with Gasteiger partial charge in [-0.25, -0.2) is 9.97 Å². The second kappa shape index (κ2) is 6.32. The lowest BCUT2D eigenvalue weighted by molar-refractivity contribution is 0.298. The topological polar surface area (TPSA) is 38.9 Å². The summed E-state index contributed by atoms with van der Waals surface area (Å²) < 4.78 is 4.43. The molecule has 5 nitrogen and oxygen atoms in total. The fourth-order valence-corrected chi connectivity index (χ4v) is 2.72. The van der Waals surface area contributed by atoms with Crippen LogP contribution in [0.3, 0.4) is 0 Å². The van der Waals surface area contributed by atoms with E-state index >= 15 is 0 Å². The summed E-state index contributed by atoms with van der Waals surface area (Å²) in [5.41, 5.74) is 2.25. The second-order valence-electron chi connectivity index (χ2n) is 6.01. The average Bonchev–Trinajstić information content (AvgIpc) is 3.12. The van der Waals surface area contributed by atoms with Crippen molar-refractivity contribution < 1.29 is 0 Å². The summed E-state index contributed by atoms with van der Waals surface area (Å²) in [7, 11) is 2.14. The predicted molar refractivity (Wildman–Crippen MR) is 88.7 cm³/mol. The Morgan fingerprint density at radius 2 is 2.00 bits per heavy atom. The van der Waals surface area contributed by atoms with Crippen molar-refractivity contribution in [2.24, 2.45) is 0 Å². The van der Waals surface area contributed by atoms with E-state index in [-0.39, 0.29) is 0 Å². The maximum atomic E-state index is 4.47. The van der Waals surface area contributed by atoms with Gasteiger partial charge in [0.1, 0.15) is 5.82 Å². The number of aromatic nitrogens is 4. The SMILES string of the molecule is CC(C)n1ccnc1CN(C)CCn1cnc2ccccc21. The van der Waals surface area contributed by atoms with Gasteiger partial charge >= 0.3 is 0 Å². The minimum atomic E-state index is 0.448. The number of benzene rings is 1. The average molecular weight is 297 g/mol. The molecule has 0 unspecified atom stereocenters. The molecule has 3 aromatic rings. The highest BCUT2D eigenvalue weighted by Crippen LogP contribution is 2.12. The molecule has 22 heavy (non-hydrogen) atoms. The van der Waals surface area contributed by atoms with Crippen LogP contribution in [0.2, 0.25) is 0 Å². The van der Waals surface area contributed by atoms with Crippen LogP contribution in [0.1, 0.15) is 25.7 Å². The van der Waals surface area contributed by atoms with Crippen LogP contribution >= 0.6 is 0 Å². The van der Waals surface area contributed by atoms with Gasteiger partial charge in [-0.15, -0.1) is 0 Å². The first-order valence-electron chi connectivity index (χ1n) is 7.75. The number of rotatable bonds is 6. The molecule has 0 spiro atoms. The summed E-state index contributed by atoms with van der Waals surface area (Å²) in [6.07, 6.45) is 5.86. The lowest BCUT2D eigenvalue weighted by Crippen LogP contribution is -2.24. The van der Waals surface area contributed by atoms with E-state index in [0.29, 0.717) is 6.04 Å². The van der Waals surface area contributed by atoms with Gasteiger partial charge in [-0.05, 0) is 33.0 Å².